The summed E-state index contributed by atoms with van der Waals surface area (Å²) in [5, 5.41) is 12.4. The standard InChI is InChI=1S/C18H19FN2O4S/c1-4-25-8-7-11-9-15(22)21(2)17(16(11)18(23)24)20-14-6-5-12(26-3)10-13(14)19/h5-10,20H,4H2,1-3H3,(H,23,24). The molecule has 0 radical (unpaired) electrons. The quantitative estimate of drug-likeness (QED) is 0.565. The number of rotatable bonds is 7. The van der Waals surface area contributed by atoms with Gasteiger partial charge in [0.15, 0.2) is 0 Å². The molecule has 0 spiro atoms. The molecule has 26 heavy (non-hydrogen) atoms. The van der Waals surface area contributed by atoms with Crippen LogP contribution in [0.4, 0.5) is 15.9 Å². The lowest BCUT2D eigenvalue weighted by molar-refractivity contribution is 0.0697. The highest BCUT2D eigenvalue weighted by Crippen LogP contribution is 2.27. The normalized spacial score (nSPS) is 10.9. The first-order chi connectivity index (χ1) is 12.4. The Kier molecular flexibility index (Phi) is 6.46. The first kappa shape index (κ1) is 19.6. The summed E-state index contributed by atoms with van der Waals surface area (Å²) >= 11 is 1.39. The number of thioether (sulfide) groups is 1. The molecule has 2 aromatic rings. The van der Waals surface area contributed by atoms with Crippen molar-refractivity contribution in [1.82, 2.24) is 4.57 Å². The minimum atomic E-state index is -1.25. The molecule has 0 atom stereocenters. The average Bonchev–Trinajstić information content (AvgIpc) is 2.60. The number of anilines is 2. The van der Waals surface area contributed by atoms with Gasteiger partial charge in [0.05, 0.1) is 18.6 Å². The van der Waals surface area contributed by atoms with E-state index in [2.05, 4.69) is 5.32 Å². The fourth-order valence-corrected chi connectivity index (χ4v) is 2.71. The van der Waals surface area contributed by atoms with Crippen LogP contribution in [0.15, 0.2) is 40.2 Å². The molecule has 1 heterocycles. The van der Waals surface area contributed by atoms with Gasteiger partial charge in [0.1, 0.15) is 17.2 Å². The number of nitrogens with one attached hydrogen (secondary N) is 1. The van der Waals surface area contributed by atoms with E-state index < -0.39 is 17.3 Å². The summed E-state index contributed by atoms with van der Waals surface area (Å²) in [4.78, 5) is 24.7. The number of carbonyl (C=O) groups is 1. The van der Waals surface area contributed by atoms with Gasteiger partial charge in [0.2, 0.25) is 0 Å². The number of aromatic nitrogens is 1. The molecule has 0 aliphatic carbocycles. The van der Waals surface area contributed by atoms with Gasteiger partial charge >= 0.3 is 5.97 Å². The van der Waals surface area contributed by atoms with Crippen LogP contribution in [0.5, 0.6) is 0 Å². The van der Waals surface area contributed by atoms with Gasteiger partial charge in [0.25, 0.3) is 5.56 Å². The number of ether oxygens (including phenoxy) is 1. The Balaban J connectivity index is 2.59. The summed E-state index contributed by atoms with van der Waals surface area (Å²) in [5.74, 6) is -1.81. The Bertz CT molecular complexity index is 909. The second-order valence-electron chi connectivity index (χ2n) is 5.25. The third-order valence-corrected chi connectivity index (χ3v) is 4.35. The lowest BCUT2D eigenvalue weighted by atomic mass is 10.1. The lowest BCUT2D eigenvalue weighted by Gasteiger charge is -2.16. The van der Waals surface area contributed by atoms with Crippen LogP contribution in [0, 0.1) is 5.82 Å². The van der Waals surface area contributed by atoms with Crippen LogP contribution >= 0.6 is 11.8 Å². The van der Waals surface area contributed by atoms with E-state index in [0.717, 1.165) is 9.46 Å². The van der Waals surface area contributed by atoms with Gasteiger partial charge < -0.3 is 15.2 Å². The zero-order valence-corrected chi connectivity index (χ0v) is 15.4. The second-order valence-corrected chi connectivity index (χ2v) is 6.13. The van der Waals surface area contributed by atoms with Gasteiger partial charge in [-0.1, -0.05) is 0 Å². The van der Waals surface area contributed by atoms with Gasteiger partial charge in [-0.15, -0.1) is 11.8 Å². The van der Waals surface area contributed by atoms with Crippen LogP contribution in [0.25, 0.3) is 6.08 Å². The maximum atomic E-state index is 14.3. The monoisotopic (exact) mass is 378 g/mol. The van der Waals surface area contributed by atoms with Crippen molar-refractivity contribution >= 4 is 35.3 Å². The van der Waals surface area contributed by atoms with Gasteiger partial charge in [-0.3, -0.25) is 9.36 Å². The Morgan fingerprint density at radius 1 is 1.42 bits per heavy atom. The Labute approximate surface area is 154 Å². The predicted molar refractivity (Wildman–Crippen MR) is 101 cm³/mol. The Morgan fingerprint density at radius 3 is 2.73 bits per heavy atom. The zero-order valence-electron chi connectivity index (χ0n) is 14.6. The van der Waals surface area contributed by atoms with Crippen molar-refractivity contribution in [3.05, 3.63) is 57.8 Å². The van der Waals surface area contributed by atoms with E-state index >= 15 is 0 Å². The number of aromatic carboxylic acids is 1. The molecule has 0 unspecified atom stereocenters. The maximum Gasteiger partial charge on any atom is 0.340 e. The third-order valence-electron chi connectivity index (χ3n) is 3.62. The molecule has 138 valence electrons. The van der Waals surface area contributed by atoms with Crippen molar-refractivity contribution < 1.29 is 19.0 Å². The van der Waals surface area contributed by atoms with Crippen LogP contribution in [-0.2, 0) is 11.8 Å². The van der Waals surface area contributed by atoms with E-state index in [9.17, 15) is 19.1 Å². The van der Waals surface area contributed by atoms with Crippen LogP contribution in [0.2, 0.25) is 0 Å². The zero-order chi connectivity index (χ0) is 19.3. The molecule has 2 N–H and O–H groups in total. The number of hydrogen-bond acceptors (Lipinski definition) is 5. The Hall–Kier alpha value is -2.74. The largest absolute Gasteiger partial charge is 0.501 e. The number of carboxylic acid groups (broad SMARTS) is 1. The average molecular weight is 378 g/mol. The molecular formula is C18H19FN2O4S. The van der Waals surface area contributed by atoms with Crippen LogP contribution in [0.3, 0.4) is 0 Å². The highest BCUT2D eigenvalue weighted by molar-refractivity contribution is 7.98. The predicted octanol–water partition coefficient (Wildman–Crippen LogP) is 3.70. The molecule has 0 saturated heterocycles. The van der Waals surface area contributed by atoms with Gasteiger partial charge in [-0.25, -0.2) is 9.18 Å². The van der Waals surface area contributed by atoms with Crippen molar-refractivity contribution in [2.75, 3.05) is 18.2 Å². The van der Waals surface area contributed by atoms with Crippen molar-refractivity contribution in [3.8, 4) is 0 Å². The van der Waals surface area contributed by atoms with E-state index in [-0.39, 0.29) is 22.6 Å². The highest BCUT2D eigenvalue weighted by Gasteiger charge is 2.20. The molecule has 6 nitrogen and oxygen atoms in total. The van der Waals surface area contributed by atoms with E-state index in [1.807, 2.05) is 6.26 Å². The van der Waals surface area contributed by atoms with E-state index in [1.165, 1.54) is 49.3 Å². The van der Waals surface area contributed by atoms with Gasteiger partial charge in [-0.2, -0.15) is 0 Å². The summed E-state index contributed by atoms with van der Waals surface area (Å²) in [7, 11) is 1.42. The Morgan fingerprint density at radius 2 is 2.15 bits per heavy atom. The van der Waals surface area contributed by atoms with E-state index in [0.29, 0.717) is 6.61 Å². The second kappa shape index (κ2) is 8.57. The van der Waals surface area contributed by atoms with Crippen LogP contribution in [-0.4, -0.2) is 28.5 Å². The smallest absolute Gasteiger partial charge is 0.340 e. The number of carboxylic acids is 1. The molecule has 0 bridgehead atoms. The van der Waals surface area contributed by atoms with Crippen LogP contribution in [0.1, 0.15) is 22.8 Å². The van der Waals surface area contributed by atoms with Crippen molar-refractivity contribution in [3.63, 3.8) is 0 Å². The molecule has 8 heteroatoms. The van der Waals surface area contributed by atoms with Crippen molar-refractivity contribution in [1.29, 1.82) is 0 Å². The molecule has 0 aliphatic rings. The summed E-state index contributed by atoms with van der Waals surface area (Å²) in [5.41, 5.74) is -0.352. The topological polar surface area (TPSA) is 80.6 Å². The van der Waals surface area contributed by atoms with E-state index in [1.54, 1.807) is 13.0 Å². The molecule has 0 aliphatic heterocycles. The van der Waals surface area contributed by atoms with Gasteiger partial charge in [-0.05, 0) is 37.5 Å². The molecule has 1 aromatic carbocycles. The number of hydrogen-bond donors (Lipinski definition) is 2. The SMILES string of the molecule is CCOC=Cc1cc(=O)n(C)c(Nc2ccc(SC)cc2F)c1C(=O)O. The minimum Gasteiger partial charge on any atom is -0.501 e. The fourth-order valence-electron chi connectivity index (χ4n) is 2.29. The first-order valence-electron chi connectivity index (χ1n) is 7.75. The summed E-state index contributed by atoms with van der Waals surface area (Å²) in [6.07, 6.45) is 4.54. The van der Waals surface area contributed by atoms with Crippen LogP contribution < -0.4 is 10.9 Å². The summed E-state index contributed by atoms with van der Waals surface area (Å²) < 4.78 is 20.5. The number of nitrogens with zero attached hydrogens (tertiary/aromatic N) is 1. The molecule has 0 amide bonds. The highest BCUT2D eigenvalue weighted by atomic mass is 32.2. The summed E-state index contributed by atoms with van der Waals surface area (Å²) in [6.45, 7) is 2.18. The molecule has 0 saturated carbocycles. The van der Waals surface area contributed by atoms with Gasteiger partial charge in [0, 0.05) is 23.6 Å². The number of halogens is 1. The fraction of sp³-hybridized carbons (Fsp3) is 0.222. The molecule has 0 fully saturated rings. The molecular weight excluding hydrogens is 359 g/mol. The maximum absolute atomic E-state index is 14.3. The first-order valence-corrected chi connectivity index (χ1v) is 8.97. The number of pyridine rings is 1. The van der Waals surface area contributed by atoms with E-state index in [4.69, 9.17) is 4.74 Å². The number of benzene rings is 1. The molecule has 1 aromatic heterocycles. The lowest BCUT2D eigenvalue weighted by Crippen LogP contribution is -2.23. The molecule has 2 rings (SSSR count). The van der Waals surface area contributed by atoms with Crippen molar-refractivity contribution in [2.24, 2.45) is 7.05 Å². The third kappa shape index (κ3) is 4.26. The minimum absolute atomic E-state index is 0.0167. The summed E-state index contributed by atoms with van der Waals surface area (Å²) in [6, 6.07) is 5.73. The van der Waals surface area contributed by atoms with Crippen molar-refractivity contribution in [2.45, 2.75) is 11.8 Å².